The SMILES string of the molecule is CC12c3ccccc3C(C)(c3ccccc31)[C@@H]1C(=O)N(c3cccc(C(F)(F)F)c3)C(=O)[C@H]12. The molecule has 33 heavy (non-hydrogen) atoms. The van der Waals surface area contributed by atoms with Gasteiger partial charge in [-0.15, -0.1) is 0 Å². The van der Waals surface area contributed by atoms with Crippen LogP contribution >= 0.6 is 0 Å². The van der Waals surface area contributed by atoms with Gasteiger partial charge in [-0.2, -0.15) is 13.2 Å². The van der Waals surface area contributed by atoms with Crippen LogP contribution in [0.2, 0.25) is 0 Å². The highest BCUT2D eigenvalue weighted by Crippen LogP contribution is 2.66. The van der Waals surface area contributed by atoms with Gasteiger partial charge >= 0.3 is 6.18 Å². The normalized spacial score (nSPS) is 29.7. The zero-order chi connectivity index (χ0) is 23.3. The number of carbonyl (C=O) groups is 2. The third-order valence-corrected chi connectivity index (χ3v) is 8.07. The van der Waals surface area contributed by atoms with Gasteiger partial charge in [0.25, 0.3) is 0 Å². The van der Waals surface area contributed by atoms with Crippen molar-refractivity contribution in [3.8, 4) is 0 Å². The van der Waals surface area contributed by atoms with Gasteiger partial charge < -0.3 is 0 Å². The zero-order valence-electron chi connectivity index (χ0n) is 18.0. The monoisotopic (exact) mass is 447 g/mol. The van der Waals surface area contributed by atoms with E-state index in [0.717, 1.165) is 39.3 Å². The van der Waals surface area contributed by atoms with Crippen molar-refractivity contribution in [2.45, 2.75) is 30.9 Å². The molecule has 0 N–H and O–H groups in total. The first-order valence-corrected chi connectivity index (χ1v) is 10.9. The van der Waals surface area contributed by atoms with Crippen LogP contribution in [0.3, 0.4) is 0 Å². The van der Waals surface area contributed by atoms with Crippen molar-refractivity contribution < 1.29 is 22.8 Å². The van der Waals surface area contributed by atoms with Crippen LogP contribution in [0.25, 0.3) is 0 Å². The van der Waals surface area contributed by atoms with E-state index in [0.29, 0.717) is 0 Å². The van der Waals surface area contributed by atoms with Crippen molar-refractivity contribution in [1.29, 1.82) is 0 Å². The van der Waals surface area contributed by atoms with Crippen LogP contribution in [0.1, 0.15) is 41.7 Å². The predicted molar refractivity (Wildman–Crippen MR) is 117 cm³/mol. The summed E-state index contributed by atoms with van der Waals surface area (Å²) in [6, 6.07) is 20.2. The summed E-state index contributed by atoms with van der Waals surface area (Å²) in [6.07, 6.45) is -4.57. The molecule has 2 atom stereocenters. The molecule has 1 aliphatic heterocycles. The van der Waals surface area contributed by atoms with Crippen molar-refractivity contribution in [2.24, 2.45) is 11.8 Å². The molecule has 4 aliphatic rings. The van der Waals surface area contributed by atoms with E-state index in [1.165, 1.54) is 12.1 Å². The van der Waals surface area contributed by atoms with E-state index >= 15 is 0 Å². The van der Waals surface area contributed by atoms with Gasteiger partial charge in [0.2, 0.25) is 11.8 Å². The second-order valence-electron chi connectivity index (χ2n) is 9.51. The van der Waals surface area contributed by atoms with Crippen LogP contribution in [0.5, 0.6) is 0 Å². The second kappa shape index (κ2) is 6.13. The minimum Gasteiger partial charge on any atom is -0.274 e. The fourth-order valence-corrected chi connectivity index (χ4v) is 6.65. The summed E-state index contributed by atoms with van der Waals surface area (Å²) < 4.78 is 40.1. The number of imide groups is 1. The van der Waals surface area contributed by atoms with Crippen LogP contribution < -0.4 is 4.90 Å². The largest absolute Gasteiger partial charge is 0.416 e. The predicted octanol–water partition coefficient (Wildman–Crippen LogP) is 5.45. The highest BCUT2D eigenvalue weighted by molar-refractivity contribution is 6.24. The number of nitrogens with zero attached hydrogens (tertiary/aromatic N) is 1. The van der Waals surface area contributed by atoms with E-state index in [4.69, 9.17) is 0 Å². The van der Waals surface area contributed by atoms with E-state index in [9.17, 15) is 22.8 Å². The van der Waals surface area contributed by atoms with Crippen LogP contribution in [-0.2, 0) is 26.6 Å². The number of halogens is 3. The number of hydrogen-bond acceptors (Lipinski definition) is 2. The second-order valence-corrected chi connectivity index (χ2v) is 9.51. The Kier molecular flexibility index (Phi) is 3.75. The van der Waals surface area contributed by atoms with Gasteiger partial charge in [0.05, 0.1) is 23.1 Å². The van der Waals surface area contributed by atoms with Crippen LogP contribution in [0.4, 0.5) is 18.9 Å². The van der Waals surface area contributed by atoms with Crippen LogP contribution in [-0.4, -0.2) is 11.8 Å². The summed E-state index contributed by atoms with van der Waals surface area (Å²) in [5, 5.41) is 0. The highest BCUT2D eigenvalue weighted by atomic mass is 19.4. The Morgan fingerprint density at radius 3 is 1.52 bits per heavy atom. The lowest BCUT2D eigenvalue weighted by atomic mass is 9.42. The summed E-state index contributed by atoms with van der Waals surface area (Å²) in [5.74, 6) is -2.28. The van der Waals surface area contributed by atoms with Crippen LogP contribution in [0, 0.1) is 11.8 Å². The van der Waals surface area contributed by atoms with E-state index in [1.807, 2.05) is 62.4 Å². The summed E-state index contributed by atoms with van der Waals surface area (Å²) >= 11 is 0. The number of anilines is 1. The molecule has 1 saturated heterocycles. The molecule has 1 heterocycles. The number of rotatable bonds is 1. The Bertz CT molecular complexity index is 1240. The molecule has 0 saturated carbocycles. The average Bonchev–Trinajstić information content (AvgIpc) is 3.08. The fourth-order valence-electron chi connectivity index (χ4n) is 6.65. The summed E-state index contributed by atoms with van der Waals surface area (Å²) in [5.41, 5.74) is 1.55. The quantitative estimate of drug-likeness (QED) is 0.465. The minimum absolute atomic E-state index is 0.0334. The molecule has 166 valence electrons. The Labute approximate surface area is 188 Å². The van der Waals surface area contributed by atoms with Gasteiger partial charge in [-0.1, -0.05) is 68.4 Å². The Morgan fingerprint density at radius 1 is 0.697 bits per heavy atom. The third-order valence-electron chi connectivity index (χ3n) is 8.07. The summed E-state index contributed by atoms with van der Waals surface area (Å²) in [7, 11) is 0. The number of benzene rings is 3. The molecular weight excluding hydrogens is 427 g/mol. The molecule has 2 amide bonds. The molecule has 3 aliphatic carbocycles. The molecule has 0 spiro atoms. The summed E-state index contributed by atoms with van der Waals surface area (Å²) in [4.78, 5) is 28.8. The van der Waals surface area contributed by atoms with Gasteiger partial charge in [-0.3, -0.25) is 9.59 Å². The van der Waals surface area contributed by atoms with E-state index in [2.05, 4.69) is 0 Å². The smallest absolute Gasteiger partial charge is 0.274 e. The molecule has 0 unspecified atom stereocenters. The molecule has 0 aromatic heterocycles. The maximum Gasteiger partial charge on any atom is 0.416 e. The molecule has 1 fully saturated rings. The van der Waals surface area contributed by atoms with Gasteiger partial charge in [0.1, 0.15) is 0 Å². The topological polar surface area (TPSA) is 37.4 Å². The standard InChI is InChI=1S/C27H20F3NO2/c1-25-17-10-3-5-12-19(17)26(2,20-13-6-4-11-18(20)25)22-21(25)23(32)31(24(22)33)16-9-7-8-15(14-16)27(28,29)30/h3-14,21-22H,1-2H3/t21-,22-,25?,26?/m0/s1. The maximum atomic E-state index is 13.9. The highest BCUT2D eigenvalue weighted by Gasteiger charge is 2.70. The third kappa shape index (κ3) is 2.26. The zero-order valence-corrected chi connectivity index (χ0v) is 18.0. The van der Waals surface area contributed by atoms with E-state index in [1.54, 1.807) is 0 Å². The van der Waals surface area contributed by atoms with Gasteiger partial charge in [-0.25, -0.2) is 4.90 Å². The number of alkyl halides is 3. The average molecular weight is 447 g/mol. The van der Waals surface area contributed by atoms with Gasteiger partial charge in [-0.05, 0) is 40.5 Å². The van der Waals surface area contributed by atoms with Crippen molar-refractivity contribution in [3.05, 3.63) is 101 Å². The fraction of sp³-hybridized carbons (Fsp3) is 0.259. The molecule has 3 aromatic rings. The number of amides is 2. The number of carbonyl (C=O) groups excluding carboxylic acids is 2. The summed E-state index contributed by atoms with van der Waals surface area (Å²) in [6.45, 7) is 3.98. The minimum atomic E-state index is -4.57. The van der Waals surface area contributed by atoms with Crippen molar-refractivity contribution in [2.75, 3.05) is 4.90 Å². The lowest BCUT2D eigenvalue weighted by Gasteiger charge is -2.57. The van der Waals surface area contributed by atoms with E-state index < -0.39 is 46.2 Å². The molecule has 7 rings (SSSR count). The molecule has 2 bridgehead atoms. The Balaban J connectivity index is 1.60. The Hall–Kier alpha value is -3.41. The molecule has 6 heteroatoms. The van der Waals surface area contributed by atoms with Gasteiger partial charge in [0.15, 0.2) is 0 Å². The first kappa shape index (κ1) is 20.2. The van der Waals surface area contributed by atoms with Crippen molar-refractivity contribution in [1.82, 2.24) is 0 Å². The maximum absolute atomic E-state index is 13.9. The Morgan fingerprint density at radius 2 is 1.12 bits per heavy atom. The number of hydrogen-bond donors (Lipinski definition) is 0. The van der Waals surface area contributed by atoms with E-state index in [-0.39, 0.29) is 5.69 Å². The van der Waals surface area contributed by atoms with Crippen molar-refractivity contribution >= 4 is 17.5 Å². The lowest BCUT2D eigenvalue weighted by molar-refractivity contribution is -0.137. The molecule has 0 radical (unpaired) electrons. The first-order chi connectivity index (χ1) is 15.6. The first-order valence-electron chi connectivity index (χ1n) is 10.9. The lowest BCUT2D eigenvalue weighted by Crippen LogP contribution is -2.59. The van der Waals surface area contributed by atoms with Crippen LogP contribution in [0.15, 0.2) is 72.8 Å². The molecule has 3 nitrogen and oxygen atoms in total. The van der Waals surface area contributed by atoms with Gasteiger partial charge in [0, 0.05) is 10.8 Å². The van der Waals surface area contributed by atoms with Crippen molar-refractivity contribution in [3.63, 3.8) is 0 Å². The molecular formula is C27H20F3NO2. The molecule has 3 aromatic carbocycles.